The van der Waals surface area contributed by atoms with Gasteiger partial charge in [-0.2, -0.15) is 0 Å². The second-order valence-electron chi connectivity index (χ2n) is 6.21. The molecule has 0 saturated carbocycles. The zero-order chi connectivity index (χ0) is 17.7. The number of aryl methyl sites for hydroxylation is 2. The molecule has 1 fully saturated rings. The van der Waals surface area contributed by atoms with Crippen LogP contribution in [0, 0.1) is 19.8 Å². The molecule has 0 N–H and O–H groups in total. The standard InChI is InChI=1S/C17H26N4O3/c1-5-24-16(23)14-6-8-21(9-7-14)15(22)11-20(4)17-18-12(2)10-13(3)19-17/h10,14H,5-9,11H2,1-4H3. The van der Waals surface area contributed by atoms with Crippen molar-refractivity contribution in [3.63, 3.8) is 0 Å². The van der Waals surface area contributed by atoms with Crippen LogP contribution >= 0.6 is 0 Å². The van der Waals surface area contributed by atoms with Crippen LogP contribution < -0.4 is 4.90 Å². The molecule has 0 aromatic carbocycles. The van der Waals surface area contributed by atoms with Gasteiger partial charge in [0.25, 0.3) is 0 Å². The van der Waals surface area contributed by atoms with Crippen molar-refractivity contribution in [1.29, 1.82) is 0 Å². The van der Waals surface area contributed by atoms with Gasteiger partial charge in [-0.15, -0.1) is 0 Å². The molecular formula is C17H26N4O3. The van der Waals surface area contributed by atoms with E-state index in [1.54, 1.807) is 9.80 Å². The van der Waals surface area contributed by atoms with Crippen molar-refractivity contribution in [1.82, 2.24) is 14.9 Å². The van der Waals surface area contributed by atoms with Crippen LogP contribution in [-0.4, -0.2) is 60.0 Å². The minimum Gasteiger partial charge on any atom is -0.466 e. The number of amides is 1. The Balaban J connectivity index is 1.88. The average molecular weight is 334 g/mol. The summed E-state index contributed by atoms with van der Waals surface area (Å²) >= 11 is 0. The number of hydrogen-bond donors (Lipinski definition) is 0. The summed E-state index contributed by atoms with van der Waals surface area (Å²) in [5.41, 5.74) is 1.76. The summed E-state index contributed by atoms with van der Waals surface area (Å²) in [5, 5.41) is 0. The molecule has 7 nitrogen and oxygen atoms in total. The van der Waals surface area contributed by atoms with Crippen molar-refractivity contribution in [3.8, 4) is 0 Å². The molecule has 132 valence electrons. The van der Waals surface area contributed by atoms with Crippen molar-refractivity contribution in [2.45, 2.75) is 33.6 Å². The van der Waals surface area contributed by atoms with Gasteiger partial charge in [0.05, 0.1) is 19.1 Å². The van der Waals surface area contributed by atoms with Gasteiger partial charge in [0, 0.05) is 31.5 Å². The number of ether oxygens (including phenoxy) is 1. The lowest BCUT2D eigenvalue weighted by atomic mass is 9.97. The first kappa shape index (κ1) is 18.2. The number of hydrogen-bond acceptors (Lipinski definition) is 6. The normalized spacial score (nSPS) is 15.2. The van der Waals surface area contributed by atoms with Crippen LogP contribution in [0.3, 0.4) is 0 Å². The highest BCUT2D eigenvalue weighted by Gasteiger charge is 2.28. The summed E-state index contributed by atoms with van der Waals surface area (Å²) in [5.74, 6) is 0.352. The smallest absolute Gasteiger partial charge is 0.309 e. The van der Waals surface area contributed by atoms with E-state index in [4.69, 9.17) is 4.74 Å². The molecule has 1 aliphatic heterocycles. The van der Waals surface area contributed by atoms with Gasteiger partial charge in [0.15, 0.2) is 0 Å². The Labute approximate surface area is 143 Å². The van der Waals surface area contributed by atoms with E-state index in [1.807, 2.05) is 33.9 Å². The zero-order valence-corrected chi connectivity index (χ0v) is 14.9. The number of anilines is 1. The van der Waals surface area contributed by atoms with Gasteiger partial charge in [0.1, 0.15) is 0 Å². The van der Waals surface area contributed by atoms with E-state index in [2.05, 4.69) is 9.97 Å². The Hall–Kier alpha value is -2.18. The quantitative estimate of drug-likeness (QED) is 0.756. The largest absolute Gasteiger partial charge is 0.466 e. The third-order valence-electron chi connectivity index (χ3n) is 4.15. The second kappa shape index (κ2) is 8.08. The van der Waals surface area contributed by atoms with E-state index < -0.39 is 0 Å². The van der Waals surface area contributed by atoms with Gasteiger partial charge in [-0.05, 0) is 39.7 Å². The first-order chi connectivity index (χ1) is 11.4. The summed E-state index contributed by atoms with van der Waals surface area (Å²) in [7, 11) is 1.82. The van der Waals surface area contributed by atoms with Crippen molar-refractivity contribution in [3.05, 3.63) is 17.5 Å². The maximum Gasteiger partial charge on any atom is 0.309 e. The third kappa shape index (κ3) is 4.66. The highest BCUT2D eigenvalue weighted by molar-refractivity contribution is 5.81. The van der Waals surface area contributed by atoms with E-state index in [1.165, 1.54) is 0 Å². The van der Waals surface area contributed by atoms with Crippen LogP contribution in [0.5, 0.6) is 0 Å². The van der Waals surface area contributed by atoms with Crippen LogP contribution in [0.2, 0.25) is 0 Å². The van der Waals surface area contributed by atoms with Gasteiger partial charge >= 0.3 is 5.97 Å². The lowest BCUT2D eigenvalue weighted by molar-refractivity contribution is -0.151. The predicted octanol–water partition coefficient (Wildman–Crippen LogP) is 1.33. The topological polar surface area (TPSA) is 75.6 Å². The molecule has 0 radical (unpaired) electrons. The van der Waals surface area contributed by atoms with E-state index >= 15 is 0 Å². The second-order valence-corrected chi connectivity index (χ2v) is 6.21. The molecule has 1 aromatic heterocycles. The molecule has 0 atom stereocenters. The van der Waals surface area contributed by atoms with Crippen LogP contribution in [0.1, 0.15) is 31.2 Å². The average Bonchev–Trinajstić information content (AvgIpc) is 2.54. The lowest BCUT2D eigenvalue weighted by Gasteiger charge is -2.32. The molecule has 1 amide bonds. The predicted molar refractivity (Wildman–Crippen MR) is 90.7 cm³/mol. The molecule has 0 unspecified atom stereocenters. The fourth-order valence-electron chi connectivity index (χ4n) is 2.88. The highest BCUT2D eigenvalue weighted by Crippen LogP contribution is 2.19. The third-order valence-corrected chi connectivity index (χ3v) is 4.15. The number of carbonyl (C=O) groups is 2. The Morgan fingerprint density at radius 1 is 1.25 bits per heavy atom. The molecule has 1 saturated heterocycles. The molecular weight excluding hydrogens is 308 g/mol. The monoisotopic (exact) mass is 334 g/mol. The van der Waals surface area contributed by atoms with Crippen LogP contribution in [-0.2, 0) is 14.3 Å². The van der Waals surface area contributed by atoms with Gasteiger partial charge in [-0.1, -0.05) is 0 Å². The van der Waals surface area contributed by atoms with Gasteiger partial charge in [-0.3, -0.25) is 9.59 Å². The zero-order valence-electron chi connectivity index (χ0n) is 14.9. The van der Waals surface area contributed by atoms with E-state index in [0.29, 0.717) is 38.5 Å². The Bertz CT molecular complexity index is 577. The van der Waals surface area contributed by atoms with E-state index in [-0.39, 0.29) is 24.3 Å². The van der Waals surface area contributed by atoms with Crippen molar-refractivity contribution in [2.75, 3.05) is 38.2 Å². The number of rotatable bonds is 5. The molecule has 1 aromatic rings. The SMILES string of the molecule is CCOC(=O)C1CCN(C(=O)CN(C)c2nc(C)cc(C)n2)CC1. The number of aromatic nitrogens is 2. The Morgan fingerprint density at radius 3 is 2.38 bits per heavy atom. The first-order valence-electron chi connectivity index (χ1n) is 8.38. The Morgan fingerprint density at radius 2 is 1.83 bits per heavy atom. The number of likely N-dealkylation sites (N-methyl/N-ethyl adjacent to an activating group) is 1. The molecule has 24 heavy (non-hydrogen) atoms. The fraction of sp³-hybridized carbons (Fsp3) is 0.647. The van der Waals surface area contributed by atoms with Gasteiger partial charge in [0.2, 0.25) is 11.9 Å². The first-order valence-corrected chi connectivity index (χ1v) is 8.38. The van der Waals surface area contributed by atoms with Crippen molar-refractivity contribution in [2.24, 2.45) is 5.92 Å². The van der Waals surface area contributed by atoms with E-state index in [0.717, 1.165) is 11.4 Å². The molecule has 0 spiro atoms. The number of likely N-dealkylation sites (tertiary alicyclic amines) is 1. The molecule has 0 aliphatic carbocycles. The van der Waals surface area contributed by atoms with Crippen molar-refractivity contribution < 1.29 is 14.3 Å². The summed E-state index contributed by atoms with van der Waals surface area (Å²) in [4.78, 5) is 36.5. The number of esters is 1. The molecule has 2 heterocycles. The lowest BCUT2D eigenvalue weighted by Crippen LogP contribution is -2.45. The number of carbonyl (C=O) groups excluding carboxylic acids is 2. The van der Waals surface area contributed by atoms with E-state index in [9.17, 15) is 9.59 Å². The summed E-state index contributed by atoms with van der Waals surface area (Å²) in [6.07, 6.45) is 1.32. The van der Waals surface area contributed by atoms with Crippen LogP contribution in [0.15, 0.2) is 6.07 Å². The van der Waals surface area contributed by atoms with Crippen LogP contribution in [0.25, 0.3) is 0 Å². The minimum atomic E-state index is -0.148. The highest BCUT2D eigenvalue weighted by atomic mass is 16.5. The molecule has 2 rings (SSSR count). The summed E-state index contributed by atoms with van der Waals surface area (Å²) < 4.78 is 5.05. The maximum atomic E-state index is 12.5. The van der Waals surface area contributed by atoms with Crippen molar-refractivity contribution >= 4 is 17.8 Å². The van der Waals surface area contributed by atoms with Gasteiger partial charge < -0.3 is 14.5 Å². The summed E-state index contributed by atoms with van der Waals surface area (Å²) in [6, 6.07) is 1.90. The molecule has 0 bridgehead atoms. The molecule has 1 aliphatic rings. The fourth-order valence-corrected chi connectivity index (χ4v) is 2.88. The number of piperidine rings is 1. The summed E-state index contributed by atoms with van der Waals surface area (Å²) in [6.45, 7) is 7.43. The molecule has 7 heteroatoms. The number of nitrogens with zero attached hydrogens (tertiary/aromatic N) is 4. The maximum absolute atomic E-state index is 12.5. The van der Waals surface area contributed by atoms with Crippen LogP contribution in [0.4, 0.5) is 5.95 Å². The van der Waals surface area contributed by atoms with Gasteiger partial charge in [-0.25, -0.2) is 9.97 Å². The Kier molecular flexibility index (Phi) is 6.11. The minimum absolute atomic E-state index is 0.0302.